The van der Waals surface area contributed by atoms with Crippen molar-refractivity contribution in [2.75, 3.05) is 19.8 Å². The number of aliphatic hydroxyl groups is 8. The fourth-order valence-electron chi connectivity index (χ4n) is 6.52. The molecule has 4 aliphatic heterocycles. The van der Waals surface area contributed by atoms with Crippen LogP contribution >= 0.6 is 0 Å². The molecule has 16 atom stereocenters. The van der Waals surface area contributed by atoms with Crippen molar-refractivity contribution in [1.82, 2.24) is 0 Å². The molecule has 5 aliphatic rings. The SMILES string of the molecule is O=C(/C=C/c1ccc(O)cc1)OC[C@]12O[C@H]1[C@@H](O)[C@@H]1C=CO[C@@H](O[C@@H]3O[C@H](CO[C@@H]4O[C@H](CO)[C@@H](O)[C@H](O)[C@H]4O)[C@@H](O)[C@H](O)[C@H]3O)[C@@H]12. The van der Waals surface area contributed by atoms with Gasteiger partial charge in [0.05, 0.1) is 31.5 Å². The molecule has 9 N–H and O–H groups in total. The summed E-state index contributed by atoms with van der Waals surface area (Å²) in [4.78, 5) is 12.5. The van der Waals surface area contributed by atoms with E-state index in [-0.39, 0.29) is 12.4 Å². The molecule has 17 nitrogen and oxygen atoms in total. The molecule has 0 spiro atoms. The van der Waals surface area contributed by atoms with E-state index in [0.717, 1.165) is 0 Å². The van der Waals surface area contributed by atoms with E-state index in [9.17, 15) is 50.8 Å². The topological polar surface area (TPSA) is 267 Å². The number of phenolic OH excluding ortho intramolecular Hbond substituents is 1. The van der Waals surface area contributed by atoms with E-state index in [0.29, 0.717) is 5.56 Å². The van der Waals surface area contributed by atoms with Crippen molar-refractivity contribution in [3.8, 4) is 5.75 Å². The Bertz CT molecular complexity index is 1310. The predicted molar refractivity (Wildman–Crippen MR) is 150 cm³/mol. The van der Waals surface area contributed by atoms with Crippen LogP contribution in [-0.4, -0.2) is 157 Å². The maximum Gasteiger partial charge on any atom is 0.330 e. The van der Waals surface area contributed by atoms with Crippen molar-refractivity contribution in [1.29, 1.82) is 0 Å². The number of aliphatic hydroxyl groups excluding tert-OH is 8. The molecule has 1 saturated carbocycles. The largest absolute Gasteiger partial charge is 0.508 e. The predicted octanol–water partition coefficient (Wildman–Crippen LogP) is -3.80. The van der Waals surface area contributed by atoms with Crippen LogP contribution in [0.3, 0.4) is 0 Å². The molecule has 1 aromatic rings. The number of ether oxygens (including phenoxy) is 7. The molecule has 17 heteroatoms. The minimum Gasteiger partial charge on any atom is -0.508 e. The average Bonchev–Trinajstić information content (AvgIpc) is 3.75. The summed E-state index contributed by atoms with van der Waals surface area (Å²) in [5.41, 5.74) is -0.574. The van der Waals surface area contributed by atoms with Crippen LogP contribution in [0.5, 0.6) is 5.75 Å². The quantitative estimate of drug-likeness (QED) is 0.0656. The van der Waals surface area contributed by atoms with Crippen molar-refractivity contribution in [3.05, 3.63) is 48.2 Å². The van der Waals surface area contributed by atoms with Gasteiger partial charge in [0.25, 0.3) is 0 Å². The molecular weight excluding hydrogens is 632 g/mol. The summed E-state index contributed by atoms with van der Waals surface area (Å²) < 4.78 is 39.4. The van der Waals surface area contributed by atoms with Gasteiger partial charge in [-0.2, -0.15) is 0 Å². The number of hydrogen-bond acceptors (Lipinski definition) is 17. The average molecular weight is 671 g/mol. The van der Waals surface area contributed by atoms with Gasteiger partial charge in [-0.25, -0.2) is 4.79 Å². The van der Waals surface area contributed by atoms with E-state index < -0.39 is 117 Å². The van der Waals surface area contributed by atoms with Gasteiger partial charge in [0.2, 0.25) is 6.29 Å². The van der Waals surface area contributed by atoms with Crippen LogP contribution in [0.1, 0.15) is 5.56 Å². The number of hydrogen-bond donors (Lipinski definition) is 9. The van der Waals surface area contributed by atoms with E-state index in [1.165, 1.54) is 30.5 Å². The Morgan fingerprint density at radius 2 is 1.49 bits per heavy atom. The minimum atomic E-state index is -1.80. The summed E-state index contributed by atoms with van der Waals surface area (Å²) in [5, 5.41) is 91.9. The highest BCUT2D eigenvalue weighted by molar-refractivity contribution is 5.87. The van der Waals surface area contributed by atoms with Crippen molar-refractivity contribution in [2.24, 2.45) is 11.8 Å². The molecule has 6 rings (SSSR count). The third kappa shape index (κ3) is 6.52. The lowest BCUT2D eigenvalue weighted by Crippen LogP contribution is -2.62. The molecule has 4 fully saturated rings. The number of esters is 1. The second-order valence-corrected chi connectivity index (χ2v) is 12.1. The Morgan fingerprint density at radius 1 is 0.830 bits per heavy atom. The zero-order chi connectivity index (χ0) is 33.6. The minimum absolute atomic E-state index is 0.0735. The Kier molecular flexibility index (Phi) is 9.90. The molecule has 0 amide bonds. The summed E-state index contributed by atoms with van der Waals surface area (Å²) in [7, 11) is 0. The highest BCUT2D eigenvalue weighted by Crippen LogP contribution is 2.60. The maximum absolute atomic E-state index is 12.5. The van der Waals surface area contributed by atoms with Gasteiger partial charge in [0.1, 0.15) is 72.9 Å². The number of rotatable bonds is 10. The molecule has 47 heavy (non-hydrogen) atoms. The number of aromatic hydroxyl groups is 1. The van der Waals surface area contributed by atoms with Crippen molar-refractivity contribution >= 4 is 12.0 Å². The third-order valence-electron chi connectivity index (χ3n) is 9.22. The van der Waals surface area contributed by atoms with Crippen LogP contribution < -0.4 is 0 Å². The molecular formula is C30H38O17. The number of carbonyl (C=O) groups excluding carboxylic acids is 1. The molecule has 4 heterocycles. The van der Waals surface area contributed by atoms with E-state index in [4.69, 9.17) is 33.2 Å². The van der Waals surface area contributed by atoms with Gasteiger partial charge >= 0.3 is 5.97 Å². The lowest BCUT2D eigenvalue weighted by atomic mass is 9.85. The van der Waals surface area contributed by atoms with Gasteiger partial charge in [-0.05, 0) is 29.8 Å². The fourth-order valence-corrected chi connectivity index (χ4v) is 6.52. The summed E-state index contributed by atoms with van der Waals surface area (Å²) in [6, 6.07) is 6.14. The monoisotopic (exact) mass is 670 g/mol. The smallest absolute Gasteiger partial charge is 0.330 e. The van der Waals surface area contributed by atoms with Gasteiger partial charge in [-0.3, -0.25) is 0 Å². The van der Waals surface area contributed by atoms with Crippen LogP contribution in [0.15, 0.2) is 42.7 Å². The first-order valence-corrected chi connectivity index (χ1v) is 15.0. The number of benzene rings is 1. The molecule has 3 saturated heterocycles. The van der Waals surface area contributed by atoms with Crippen LogP contribution in [0.2, 0.25) is 0 Å². The number of phenols is 1. The van der Waals surface area contributed by atoms with Crippen molar-refractivity contribution in [3.63, 3.8) is 0 Å². The molecule has 0 unspecified atom stereocenters. The number of carbonyl (C=O) groups is 1. The molecule has 1 aliphatic carbocycles. The van der Waals surface area contributed by atoms with E-state index in [2.05, 4.69) is 0 Å². The molecule has 0 aromatic heterocycles. The Morgan fingerprint density at radius 3 is 2.19 bits per heavy atom. The lowest BCUT2D eigenvalue weighted by molar-refractivity contribution is -0.355. The van der Waals surface area contributed by atoms with Gasteiger partial charge < -0.3 is 79.1 Å². The fraction of sp³-hybridized carbons (Fsp3) is 0.633. The number of fused-ring (bicyclic) bond motifs is 3. The summed E-state index contributed by atoms with van der Waals surface area (Å²) in [5.74, 6) is -1.97. The maximum atomic E-state index is 12.5. The van der Waals surface area contributed by atoms with Crippen LogP contribution in [0.25, 0.3) is 6.08 Å². The van der Waals surface area contributed by atoms with E-state index in [1.54, 1.807) is 18.2 Å². The molecule has 0 radical (unpaired) electrons. The zero-order valence-corrected chi connectivity index (χ0v) is 24.7. The summed E-state index contributed by atoms with van der Waals surface area (Å²) in [6.45, 7) is -1.54. The third-order valence-corrected chi connectivity index (χ3v) is 9.22. The van der Waals surface area contributed by atoms with Crippen LogP contribution in [0, 0.1) is 11.8 Å². The first kappa shape index (κ1) is 34.1. The van der Waals surface area contributed by atoms with E-state index >= 15 is 0 Å². The van der Waals surface area contributed by atoms with Gasteiger partial charge in [0.15, 0.2) is 12.6 Å². The normalized spacial score (nSPS) is 45.7. The molecule has 0 bridgehead atoms. The summed E-state index contributed by atoms with van der Waals surface area (Å²) >= 11 is 0. The highest BCUT2D eigenvalue weighted by atomic mass is 16.8. The standard InChI is InChI=1S/C30H38O17/c31-9-15-20(35)22(37)24(39)28(44-15)42-10-16-21(36)23(38)25(40)29(45-16)46-27-18-14(7-8-41-27)19(34)26-30(18,47-26)11-43-17(33)6-3-12-1-4-13(32)5-2-12/h1-8,14-16,18-29,31-32,34-40H,9-11H2/b6-3+/t14-,15-,16-,18-,19+,20-,21-,22+,23+,24-,25-,26+,27+,28-,29+,30-/m1/s1. The van der Waals surface area contributed by atoms with E-state index in [1.807, 2.05) is 0 Å². The Labute approximate surface area is 267 Å². The highest BCUT2D eigenvalue weighted by Gasteiger charge is 2.76. The van der Waals surface area contributed by atoms with Crippen molar-refractivity contribution in [2.45, 2.75) is 85.5 Å². The van der Waals surface area contributed by atoms with Crippen LogP contribution in [-0.2, 0) is 38.0 Å². The Hall–Kier alpha value is -2.75. The first-order chi connectivity index (χ1) is 22.4. The van der Waals surface area contributed by atoms with Crippen molar-refractivity contribution < 1.29 is 83.9 Å². The van der Waals surface area contributed by atoms with Gasteiger partial charge in [0, 0.05) is 12.0 Å². The van der Waals surface area contributed by atoms with Gasteiger partial charge in [-0.1, -0.05) is 12.1 Å². The number of epoxide rings is 1. The molecule has 260 valence electrons. The lowest BCUT2D eigenvalue weighted by Gasteiger charge is -2.44. The zero-order valence-electron chi connectivity index (χ0n) is 24.7. The molecule has 1 aromatic carbocycles. The Balaban J connectivity index is 1.10. The van der Waals surface area contributed by atoms with Crippen LogP contribution in [0.4, 0.5) is 0 Å². The summed E-state index contributed by atoms with van der Waals surface area (Å²) in [6.07, 6.45) is -13.6. The van der Waals surface area contributed by atoms with Gasteiger partial charge in [-0.15, -0.1) is 0 Å². The second-order valence-electron chi connectivity index (χ2n) is 12.1. The second kappa shape index (κ2) is 13.6. The first-order valence-electron chi connectivity index (χ1n) is 15.0.